The number of benzene rings is 1. The molecule has 0 aromatic heterocycles. The van der Waals surface area contributed by atoms with Crippen molar-refractivity contribution < 1.29 is 13.2 Å². The molecule has 0 heterocycles. The van der Waals surface area contributed by atoms with E-state index in [-0.39, 0.29) is 12.4 Å². The van der Waals surface area contributed by atoms with Crippen molar-refractivity contribution in [3.8, 4) is 11.8 Å². The average Bonchev–Trinajstić information content (AvgIpc) is 2.18. The predicted molar refractivity (Wildman–Crippen MR) is 60.8 cm³/mol. The summed E-state index contributed by atoms with van der Waals surface area (Å²) in [6, 6.07) is 6.56. The monoisotopic (exact) mass is 240 g/mol. The first-order chi connectivity index (χ1) is 7.42. The van der Waals surface area contributed by atoms with E-state index in [1.807, 2.05) is 6.07 Å². The van der Waals surface area contributed by atoms with Crippen molar-refractivity contribution in [1.29, 1.82) is 5.26 Å². The number of ether oxygens (including phenoxy) is 1. The highest BCUT2D eigenvalue weighted by Crippen LogP contribution is 2.20. The topological polar surface area (TPSA) is 93.2 Å². The molecule has 0 spiro atoms. The lowest BCUT2D eigenvalue weighted by Crippen LogP contribution is -2.12. The molecule has 0 saturated carbocycles. The molecule has 2 N–H and O–H groups in total. The van der Waals surface area contributed by atoms with Gasteiger partial charge in [0.25, 0.3) is 0 Å². The second kappa shape index (κ2) is 4.86. The highest BCUT2D eigenvalue weighted by molar-refractivity contribution is 7.90. The van der Waals surface area contributed by atoms with Gasteiger partial charge in [-0.05, 0) is 18.2 Å². The van der Waals surface area contributed by atoms with E-state index in [9.17, 15) is 8.42 Å². The molecule has 5 nitrogen and oxygen atoms in total. The summed E-state index contributed by atoms with van der Waals surface area (Å²) in [6.45, 7) is 0.0252. The fourth-order valence-corrected chi connectivity index (χ4v) is 1.45. The molecule has 1 rings (SSSR count). The van der Waals surface area contributed by atoms with Crippen LogP contribution in [0.3, 0.4) is 0 Å². The van der Waals surface area contributed by atoms with Gasteiger partial charge in [0.15, 0.2) is 9.84 Å². The molecule has 0 aliphatic rings. The summed E-state index contributed by atoms with van der Waals surface area (Å²) in [6.07, 6.45) is 1.13. The third kappa shape index (κ3) is 3.79. The van der Waals surface area contributed by atoms with Gasteiger partial charge in [0.1, 0.15) is 18.4 Å². The van der Waals surface area contributed by atoms with E-state index in [1.165, 1.54) is 6.07 Å². The second-order valence-electron chi connectivity index (χ2n) is 3.35. The number of sulfone groups is 1. The largest absolute Gasteiger partial charge is 0.491 e. The van der Waals surface area contributed by atoms with Crippen molar-refractivity contribution in [1.82, 2.24) is 0 Å². The number of hydrogen-bond donors (Lipinski definition) is 1. The van der Waals surface area contributed by atoms with Gasteiger partial charge in [-0.15, -0.1) is 0 Å². The van der Waals surface area contributed by atoms with E-state index in [0.717, 1.165) is 6.26 Å². The van der Waals surface area contributed by atoms with Crippen LogP contribution in [0.2, 0.25) is 0 Å². The van der Waals surface area contributed by atoms with Crippen molar-refractivity contribution in [3.05, 3.63) is 23.8 Å². The molecule has 86 valence electrons. The molecule has 0 bridgehead atoms. The van der Waals surface area contributed by atoms with Crippen LogP contribution < -0.4 is 10.5 Å². The van der Waals surface area contributed by atoms with Crippen molar-refractivity contribution in [3.63, 3.8) is 0 Å². The van der Waals surface area contributed by atoms with Crippen LogP contribution in [0.15, 0.2) is 18.2 Å². The summed E-state index contributed by atoms with van der Waals surface area (Å²) in [4.78, 5) is 0. The van der Waals surface area contributed by atoms with Crippen LogP contribution in [-0.4, -0.2) is 27.0 Å². The molecule has 0 aliphatic heterocycles. The Balaban J connectivity index is 2.72. The molecule has 1 aromatic rings. The Morgan fingerprint density at radius 1 is 1.50 bits per heavy atom. The fraction of sp³-hybridized carbons (Fsp3) is 0.300. The minimum absolute atomic E-state index is 0.0252. The van der Waals surface area contributed by atoms with Crippen LogP contribution in [0.1, 0.15) is 5.56 Å². The molecular formula is C10H12N2O3S. The molecule has 0 aliphatic carbocycles. The van der Waals surface area contributed by atoms with E-state index in [2.05, 4.69) is 0 Å². The van der Waals surface area contributed by atoms with Gasteiger partial charge >= 0.3 is 0 Å². The van der Waals surface area contributed by atoms with Gasteiger partial charge < -0.3 is 10.5 Å². The number of rotatable bonds is 4. The molecule has 0 saturated heterocycles. The fourth-order valence-electron chi connectivity index (χ4n) is 1.06. The number of nitrogen functional groups attached to an aromatic ring is 1. The predicted octanol–water partition coefficient (Wildman–Crippen LogP) is 0.564. The quantitative estimate of drug-likeness (QED) is 0.776. The Labute approximate surface area is 94.4 Å². The first-order valence-corrected chi connectivity index (χ1v) is 6.58. The molecule has 16 heavy (non-hydrogen) atoms. The minimum Gasteiger partial charge on any atom is -0.491 e. The maximum Gasteiger partial charge on any atom is 0.150 e. The normalized spacial score (nSPS) is 10.8. The second-order valence-corrected chi connectivity index (χ2v) is 5.61. The number of anilines is 1. The average molecular weight is 240 g/mol. The van der Waals surface area contributed by atoms with Gasteiger partial charge in [0, 0.05) is 11.9 Å². The van der Waals surface area contributed by atoms with Gasteiger partial charge in [-0.25, -0.2) is 8.42 Å². The number of nitriles is 1. The van der Waals surface area contributed by atoms with Gasteiger partial charge in [-0.2, -0.15) is 5.26 Å². The highest BCUT2D eigenvalue weighted by Gasteiger charge is 2.06. The molecule has 1 aromatic carbocycles. The van der Waals surface area contributed by atoms with Crippen LogP contribution in [0, 0.1) is 11.3 Å². The maximum absolute atomic E-state index is 10.9. The number of nitrogens with zero attached hydrogens (tertiary/aromatic N) is 1. The Morgan fingerprint density at radius 3 is 2.75 bits per heavy atom. The van der Waals surface area contributed by atoms with Crippen LogP contribution in [-0.2, 0) is 9.84 Å². The Hall–Kier alpha value is -1.74. The number of hydrogen-bond acceptors (Lipinski definition) is 5. The van der Waals surface area contributed by atoms with Crippen LogP contribution in [0.4, 0.5) is 5.69 Å². The molecule has 0 unspecified atom stereocenters. The summed E-state index contributed by atoms with van der Waals surface area (Å²) in [5.41, 5.74) is 6.26. The smallest absolute Gasteiger partial charge is 0.150 e. The third-order valence-corrected chi connectivity index (χ3v) is 2.74. The highest BCUT2D eigenvalue weighted by atomic mass is 32.2. The van der Waals surface area contributed by atoms with E-state index in [0.29, 0.717) is 17.0 Å². The van der Waals surface area contributed by atoms with Gasteiger partial charge in [-0.1, -0.05) is 0 Å². The molecule has 0 radical (unpaired) electrons. The van der Waals surface area contributed by atoms with Crippen molar-refractivity contribution in [2.75, 3.05) is 24.3 Å². The molecule has 6 heteroatoms. The third-order valence-electron chi connectivity index (χ3n) is 1.84. The summed E-state index contributed by atoms with van der Waals surface area (Å²) < 4.78 is 26.9. The summed E-state index contributed by atoms with van der Waals surface area (Å²) in [7, 11) is -3.05. The zero-order chi connectivity index (χ0) is 12.2. The Kier molecular flexibility index (Phi) is 3.74. The number of nitrogens with two attached hydrogens (primary N) is 1. The van der Waals surface area contributed by atoms with E-state index in [4.69, 9.17) is 15.7 Å². The SMILES string of the molecule is CS(=O)(=O)CCOc1ccc(N)cc1C#N. The van der Waals surface area contributed by atoms with Gasteiger partial charge in [0.05, 0.1) is 11.3 Å². The first kappa shape index (κ1) is 12.3. The van der Waals surface area contributed by atoms with Crippen molar-refractivity contribution in [2.45, 2.75) is 0 Å². The Morgan fingerprint density at radius 2 is 2.19 bits per heavy atom. The minimum atomic E-state index is -3.05. The zero-order valence-corrected chi connectivity index (χ0v) is 9.62. The van der Waals surface area contributed by atoms with Crippen LogP contribution in [0.25, 0.3) is 0 Å². The lowest BCUT2D eigenvalue weighted by Gasteiger charge is -2.07. The first-order valence-electron chi connectivity index (χ1n) is 4.52. The molecule has 0 atom stereocenters. The summed E-state index contributed by atoms with van der Waals surface area (Å²) in [5, 5.41) is 8.80. The molecular weight excluding hydrogens is 228 g/mol. The van der Waals surface area contributed by atoms with E-state index >= 15 is 0 Å². The maximum atomic E-state index is 10.9. The van der Waals surface area contributed by atoms with E-state index in [1.54, 1.807) is 12.1 Å². The van der Waals surface area contributed by atoms with E-state index < -0.39 is 9.84 Å². The zero-order valence-electron chi connectivity index (χ0n) is 8.80. The standard InChI is InChI=1S/C10H12N2O3S/c1-16(13,14)5-4-15-10-3-2-9(12)6-8(10)7-11/h2-3,6H,4-5,12H2,1H3. The van der Waals surface area contributed by atoms with Crippen molar-refractivity contribution in [2.24, 2.45) is 0 Å². The molecule has 0 amide bonds. The summed E-state index contributed by atoms with van der Waals surface area (Å²) >= 11 is 0. The Bertz CT molecular complexity index is 517. The lowest BCUT2D eigenvalue weighted by atomic mass is 10.2. The summed E-state index contributed by atoms with van der Waals surface area (Å²) in [5.74, 6) is 0.266. The lowest BCUT2D eigenvalue weighted by molar-refractivity contribution is 0.340. The van der Waals surface area contributed by atoms with Crippen LogP contribution >= 0.6 is 0 Å². The van der Waals surface area contributed by atoms with Crippen LogP contribution in [0.5, 0.6) is 5.75 Å². The van der Waals surface area contributed by atoms with Crippen molar-refractivity contribution >= 4 is 15.5 Å². The van der Waals surface area contributed by atoms with Gasteiger partial charge in [0.2, 0.25) is 0 Å². The molecule has 0 fully saturated rings. The van der Waals surface area contributed by atoms with Gasteiger partial charge in [-0.3, -0.25) is 0 Å².